The van der Waals surface area contributed by atoms with Crippen molar-refractivity contribution in [3.05, 3.63) is 30.1 Å². The number of nitrogens with one attached hydrogen (secondary N) is 2. The minimum atomic E-state index is -0.294. The molecule has 3 rings (SSSR count). The van der Waals surface area contributed by atoms with Gasteiger partial charge in [-0.1, -0.05) is 6.07 Å². The Morgan fingerprint density at radius 2 is 2.35 bits per heavy atom. The summed E-state index contributed by atoms with van der Waals surface area (Å²) in [5, 5.41) is 6.70. The van der Waals surface area contributed by atoms with E-state index >= 15 is 0 Å². The van der Waals surface area contributed by atoms with Crippen molar-refractivity contribution in [2.45, 2.75) is 44.4 Å². The average molecular weight is 321 g/mol. The molecule has 5 nitrogen and oxygen atoms in total. The van der Waals surface area contributed by atoms with Crippen LogP contribution < -0.4 is 15.4 Å². The Balaban J connectivity index is 1.46. The van der Waals surface area contributed by atoms with E-state index in [1.165, 1.54) is 18.6 Å². The van der Waals surface area contributed by atoms with Gasteiger partial charge < -0.3 is 20.1 Å². The van der Waals surface area contributed by atoms with Gasteiger partial charge in [0.1, 0.15) is 18.2 Å². The molecule has 0 amide bonds. The van der Waals surface area contributed by atoms with E-state index in [2.05, 4.69) is 15.6 Å². The highest BCUT2D eigenvalue weighted by Gasteiger charge is 2.41. The minimum Gasteiger partial charge on any atom is -0.492 e. The summed E-state index contributed by atoms with van der Waals surface area (Å²) >= 11 is 0. The van der Waals surface area contributed by atoms with Crippen LogP contribution in [0.4, 0.5) is 4.39 Å². The lowest BCUT2D eigenvalue weighted by atomic mass is 9.96. The summed E-state index contributed by atoms with van der Waals surface area (Å²) in [5.74, 6) is 1.02. The second kappa shape index (κ2) is 7.64. The number of aliphatic imine (C=N–C) groups is 1. The van der Waals surface area contributed by atoms with E-state index in [-0.39, 0.29) is 5.82 Å². The van der Waals surface area contributed by atoms with Crippen molar-refractivity contribution in [2.24, 2.45) is 4.99 Å². The number of fused-ring (bicyclic) bond motifs is 2. The Labute approximate surface area is 136 Å². The monoisotopic (exact) mass is 321 g/mol. The molecule has 3 unspecified atom stereocenters. The van der Waals surface area contributed by atoms with Gasteiger partial charge in [0.05, 0.1) is 24.8 Å². The maximum atomic E-state index is 13.1. The van der Waals surface area contributed by atoms with Crippen molar-refractivity contribution in [1.82, 2.24) is 10.6 Å². The molecule has 2 heterocycles. The Bertz CT molecular complexity index is 552. The zero-order valence-corrected chi connectivity index (χ0v) is 13.4. The molecule has 2 aliphatic heterocycles. The maximum absolute atomic E-state index is 13.1. The van der Waals surface area contributed by atoms with E-state index in [4.69, 9.17) is 9.47 Å². The number of benzene rings is 1. The van der Waals surface area contributed by atoms with E-state index in [0.29, 0.717) is 37.2 Å². The normalized spacial score (nSPS) is 26.3. The Morgan fingerprint density at radius 1 is 1.43 bits per heavy atom. The topological polar surface area (TPSA) is 54.9 Å². The van der Waals surface area contributed by atoms with Gasteiger partial charge in [-0.3, -0.25) is 0 Å². The fraction of sp³-hybridized carbons (Fsp3) is 0.588. The van der Waals surface area contributed by atoms with E-state index in [9.17, 15) is 4.39 Å². The lowest BCUT2D eigenvalue weighted by molar-refractivity contribution is 0.0992. The van der Waals surface area contributed by atoms with Crippen molar-refractivity contribution in [1.29, 1.82) is 0 Å². The van der Waals surface area contributed by atoms with E-state index < -0.39 is 0 Å². The van der Waals surface area contributed by atoms with E-state index in [1.807, 2.05) is 6.92 Å². The molecule has 23 heavy (non-hydrogen) atoms. The van der Waals surface area contributed by atoms with Crippen LogP contribution in [0.25, 0.3) is 0 Å². The molecule has 2 N–H and O–H groups in total. The van der Waals surface area contributed by atoms with Crippen LogP contribution in [0.5, 0.6) is 5.75 Å². The average Bonchev–Trinajstić information content (AvgIpc) is 3.14. The molecule has 6 heteroatoms. The third kappa shape index (κ3) is 4.34. The first-order valence-electron chi connectivity index (χ1n) is 8.33. The summed E-state index contributed by atoms with van der Waals surface area (Å²) < 4.78 is 24.4. The molecule has 0 spiro atoms. The fourth-order valence-electron chi connectivity index (χ4n) is 3.16. The Morgan fingerprint density at radius 3 is 3.04 bits per heavy atom. The zero-order chi connectivity index (χ0) is 16.1. The SMILES string of the molecule is CCNC(=NCCOc1cccc(F)c1)NC1CC2CCC1O2. The molecule has 1 aromatic rings. The van der Waals surface area contributed by atoms with Gasteiger partial charge in [0, 0.05) is 12.6 Å². The summed E-state index contributed by atoms with van der Waals surface area (Å²) in [6.45, 7) is 3.76. The first-order valence-corrected chi connectivity index (χ1v) is 8.33. The van der Waals surface area contributed by atoms with Crippen LogP contribution in [0.2, 0.25) is 0 Å². The van der Waals surface area contributed by atoms with E-state index in [1.54, 1.807) is 12.1 Å². The van der Waals surface area contributed by atoms with Crippen LogP contribution in [-0.2, 0) is 4.74 Å². The van der Waals surface area contributed by atoms with Gasteiger partial charge in [-0.05, 0) is 38.3 Å². The first kappa shape index (κ1) is 16.1. The number of guanidine groups is 1. The summed E-state index contributed by atoms with van der Waals surface area (Å²) in [6, 6.07) is 6.49. The molecule has 2 fully saturated rings. The smallest absolute Gasteiger partial charge is 0.191 e. The van der Waals surface area contributed by atoms with Gasteiger partial charge in [0.15, 0.2) is 5.96 Å². The maximum Gasteiger partial charge on any atom is 0.191 e. The molecular formula is C17H24FN3O2. The summed E-state index contributed by atoms with van der Waals surface area (Å²) in [7, 11) is 0. The van der Waals surface area contributed by atoms with Crippen LogP contribution in [0.15, 0.2) is 29.3 Å². The molecule has 2 bridgehead atoms. The molecule has 0 aromatic heterocycles. The van der Waals surface area contributed by atoms with Crippen LogP contribution in [0, 0.1) is 5.82 Å². The van der Waals surface area contributed by atoms with Gasteiger partial charge in [0.2, 0.25) is 0 Å². The number of hydrogen-bond acceptors (Lipinski definition) is 3. The van der Waals surface area contributed by atoms with Crippen LogP contribution >= 0.6 is 0 Å². The lowest BCUT2D eigenvalue weighted by Crippen LogP contribution is -2.47. The second-order valence-corrected chi connectivity index (χ2v) is 5.93. The first-order chi connectivity index (χ1) is 11.2. The van der Waals surface area contributed by atoms with Crippen molar-refractivity contribution in [3.63, 3.8) is 0 Å². The number of rotatable bonds is 6. The molecule has 0 saturated carbocycles. The van der Waals surface area contributed by atoms with Crippen molar-refractivity contribution in [3.8, 4) is 5.75 Å². The summed E-state index contributed by atoms with van der Waals surface area (Å²) in [6.07, 6.45) is 4.08. The Hall–Kier alpha value is -1.82. The highest BCUT2D eigenvalue weighted by molar-refractivity contribution is 5.80. The van der Waals surface area contributed by atoms with Gasteiger partial charge >= 0.3 is 0 Å². The molecule has 3 atom stereocenters. The molecular weight excluding hydrogens is 297 g/mol. The van der Waals surface area contributed by atoms with Crippen LogP contribution in [-0.4, -0.2) is 43.9 Å². The van der Waals surface area contributed by atoms with E-state index in [0.717, 1.165) is 25.3 Å². The largest absolute Gasteiger partial charge is 0.492 e. The summed E-state index contributed by atoms with van der Waals surface area (Å²) in [5.41, 5.74) is 0. The highest BCUT2D eigenvalue weighted by Crippen LogP contribution is 2.34. The number of nitrogens with zero attached hydrogens (tertiary/aromatic N) is 1. The van der Waals surface area contributed by atoms with Crippen LogP contribution in [0.1, 0.15) is 26.2 Å². The van der Waals surface area contributed by atoms with Crippen molar-refractivity contribution >= 4 is 5.96 Å². The molecule has 0 radical (unpaired) electrons. The quantitative estimate of drug-likeness (QED) is 0.478. The van der Waals surface area contributed by atoms with Gasteiger partial charge in [-0.15, -0.1) is 0 Å². The standard InChI is InChI=1S/C17H24FN3O2/c1-2-19-17(21-15-11-14-6-7-16(15)23-14)20-8-9-22-13-5-3-4-12(18)10-13/h3-5,10,14-16H,2,6-9,11H2,1H3,(H2,19,20,21). The number of ether oxygens (including phenoxy) is 2. The fourth-order valence-corrected chi connectivity index (χ4v) is 3.16. The molecule has 1 aromatic carbocycles. The summed E-state index contributed by atoms with van der Waals surface area (Å²) in [4.78, 5) is 4.52. The zero-order valence-electron chi connectivity index (χ0n) is 13.4. The molecule has 2 saturated heterocycles. The molecule has 126 valence electrons. The number of hydrogen-bond donors (Lipinski definition) is 2. The van der Waals surface area contributed by atoms with Gasteiger partial charge in [-0.2, -0.15) is 0 Å². The van der Waals surface area contributed by atoms with Gasteiger partial charge in [0.25, 0.3) is 0 Å². The molecule has 0 aliphatic carbocycles. The predicted octanol–water partition coefficient (Wildman–Crippen LogP) is 2.08. The van der Waals surface area contributed by atoms with Crippen LogP contribution in [0.3, 0.4) is 0 Å². The third-order valence-electron chi connectivity index (χ3n) is 4.20. The Kier molecular flexibility index (Phi) is 5.33. The lowest BCUT2D eigenvalue weighted by Gasteiger charge is -2.22. The third-order valence-corrected chi connectivity index (χ3v) is 4.20. The molecule has 2 aliphatic rings. The predicted molar refractivity (Wildman–Crippen MR) is 87.3 cm³/mol. The van der Waals surface area contributed by atoms with Crippen molar-refractivity contribution in [2.75, 3.05) is 19.7 Å². The number of halogens is 1. The second-order valence-electron chi connectivity index (χ2n) is 5.93. The van der Waals surface area contributed by atoms with Crippen molar-refractivity contribution < 1.29 is 13.9 Å². The highest BCUT2D eigenvalue weighted by atomic mass is 19.1. The van der Waals surface area contributed by atoms with Gasteiger partial charge in [-0.25, -0.2) is 9.38 Å². The minimum absolute atomic E-state index is 0.294.